The van der Waals surface area contributed by atoms with Crippen LogP contribution in [0, 0.1) is 30.1 Å². The number of carbonyl (C=O) groups excluding carboxylic acids is 2. The summed E-state index contributed by atoms with van der Waals surface area (Å²) in [6, 6.07) is 1.73. The van der Waals surface area contributed by atoms with Crippen LogP contribution >= 0.6 is 0 Å². The molecule has 33 heavy (non-hydrogen) atoms. The van der Waals surface area contributed by atoms with E-state index < -0.39 is 11.4 Å². The summed E-state index contributed by atoms with van der Waals surface area (Å²) in [5.41, 5.74) is 8.49. The number of primary amides is 1. The molecule has 8 nitrogen and oxygen atoms in total. The van der Waals surface area contributed by atoms with E-state index in [0.717, 1.165) is 55.5 Å². The summed E-state index contributed by atoms with van der Waals surface area (Å²) < 4.78 is 11.3. The van der Waals surface area contributed by atoms with Gasteiger partial charge in [0.05, 0.1) is 18.1 Å². The number of methoxy groups -OCH3 is 1. The van der Waals surface area contributed by atoms with Crippen LogP contribution in [-0.4, -0.2) is 72.8 Å². The zero-order chi connectivity index (χ0) is 23.2. The summed E-state index contributed by atoms with van der Waals surface area (Å²) in [5.74, 6) is 1.28. The molecule has 3 amide bonds. The third-order valence-corrected chi connectivity index (χ3v) is 8.55. The van der Waals surface area contributed by atoms with E-state index in [0.29, 0.717) is 44.6 Å². The Morgan fingerprint density at radius 1 is 1.36 bits per heavy atom. The van der Waals surface area contributed by atoms with Gasteiger partial charge in [0.25, 0.3) is 0 Å². The lowest BCUT2D eigenvalue weighted by Gasteiger charge is -2.37. The second-order valence-corrected chi connectivity index (χ2v) is 10.6. The van der Waals surface area contributed by atoms with Crippen LogP contribution in [0.5, 0.6) is 0 Å². The Morgan fingerprint density at radius 3 is 3.00 bits per heavy atom. The zero-order valence-corrected chi connectivity index (χ0v) is 19.8. The van der Waals surface area contributed by atoms with Crippen molar-refractivity contribution in [3.05, 3.63) is 29.1 Å². The molecule has 3 fully saturated rings. The number of fused-ring (bicyclic) bond motifs is 2. The molecule has 0 bridgehead atoms. The molecule has 1 aromatic rings. The van der Waals surface area contributed by atoms with Gasteiger partial charge >= 0.3 is 6.03 Å². The van der Waals surface area contributed by atoms with Gasteiger partial charge in [0.2, 0.25) is 5.91 Å². The van der Waals surface area contributed by atoms with Crippen molar-refractivity contribution >= 4 is 11.9 Å². The van der Waals surface area contributed by atoms with Crippen LogP contribution < -0.4 is 5.73 Å². The van der Waals surface area contributed by atoms with Crippen LogP contribution in [0.15, 0.2) is 12.3 Å². The minimum absolute atomic E-state index is 0.127. The molecule has 3 aliphatic heterocycles. The van der Waals surface area contributed by atoms with Gasteiger partial charge in [0.15, 0.2) is 0 Å². The Balaban J connectivity index is 1.35. The SMILES string of the molecule is CO[C@H]1COCC[C@H]1C[C@@H]1C[C@H]2CN(C(N)=O)C[C@@]2(C(=O)N2CCc3ncc(C)cc3C2)C1. The first-order valence-electron chi connectivity index (χ1n) is 12.3. The zero-order valence-electron chi connectivity index (χ0n) is 19.8. The standard InChI is InChI=1S/C25H36N4O4/c1-16-7-19-12-28(5-3-21(19)27-11-16)23(30)25-10-17(8-18-4-6-33-14-22(18)32-2)9-20(25)13-29(15-25)24(26)31/h7,11,17-18,20,22H,3-6,8-10,12-15H2,1-2H3,(H2,26,31)/t17-,18+,20+,22+,25+/m1/s1. The molecule has 4 heterocycles. The average molecular weight is 457 g/mol. The molecular weight excluding hydrogens is 420 g/mol. The number of carbonyl (C=O) groups is 2. The maximum Gasteiger partial charge on any atom is 0.314 e. The minimum Gasteiger partial charge on any atom is -0.379 e. The van der Waals surface area contributed by atoms with E-state index >= 15 is 0 Å². The molecular formula is C25H36N4O4. The fraction of sp³-hybridized carbons (Fsp3) is 0.720. The number of urea groups is 1. The fourth-order valence-electron chi connectivity index (χ4n) is 6.93. The third-order valence-electron chi connectivity index (χ3n) is 8.55. The topological polar surface area (TPSA) is 98.0 Å². The Labute approximate surface area is 195 Å². The number of pyridine rings is 1. The summed E-state index contributed by atoms with van der Waals surface area (Å²) in [6.45, 7) is 5.78. The number of aromatic nitrogens is 1. The highest BCUT2D eigenvalue weighted by Gasteiger charge is 2.59. The molecule has 0 aromatic carbocycles. The van der Waals surface area contributed by atoms with Crippen molar-refractivity contribution in [3.8, 4) is 0 Å². The lowest BCUT2D eigenvalue weighted by Crippen LogP contribution is -2.49. The number of aryl methyl sites for hydroxylation is 1. The Kier molecular flexibility index (Phi) is 6.07. The van der Waals surface area contributed by atoms with Gasteiger partial charge in [-0.05, 0) is 61.5 Å². The predicted molar refractivity (Wildman–Crippen MR) is 122 cm³/mol. The smallest absolute Gasteiger partial charge is 0.314 e. The van der Waals surface area contributed by atoms with Gasteiger partial charge in [-0.1, -0.05) is 6.07 Å². The summed E-state index contributed by atoms with van der Waals surface area (Å²) in [5, 5.41) is 0. The van der Waals surface area contributed by atoms with E-state index in [1.54, 1.807) is 12.0 Å². The van der Waals surface area contributed by atoms with Crippen LogP contribution in [-0.2, 0) is 27.2 Å². The molecule has 0 radical (unpaired) electrons. The first-order valence-corrected chi connectivity index (χ1v) is 12.3. The summed E-state index contributed by atoms with van der Waals surface area (Å²) >= 11 is 0. The number of ether oxygens (including phenoxy) is 2. The van der Waals surface area contributed by atoms with E-state index in [9.17, 15) is 9.59 Å². The van der Waals surface area contributed by atoms with E-state index in [2.05, 4.69) is 11.1 Å². The molecule has 2 N–H and O–H groups in total. The van der Waals surface area contributed by atoms with Crippen LogP contribution in [0.25, 0.3) is 0 Å². The van der Waals surface area contributed by atoms with Gasteiger partial charge in [0.1, 0.15) is 0 Å². The molecule has 0 unspecified atom stereocenters. The number of nitrogens with zero attached hydrogens (tertiary/aromatic N) is 3. The molecule has 8 heteroatoms. The lowest BCUT2D eigenvalue weighted by molar-refractivity contribution is -0.144. The minimum atomic E-state index is -0.526. The maximum atomic E-state index is 14.1. The molecule has 4 aliphatic rings. The van der Waals surface area contributed by atoms with Crippen LogP contribution in [0.3, 0.4) is 0 Å². The first kappa shape index (κ1) is 22.6. The highest BCUT2D eigenvalue weighted by molar-refractivity contribution is 5.86. The van der Waals surface area contributed by atoms with Crippen molar-refractivity contribution in [2.45, 2.75) is 51.7 Å². The predicted octanol–water partition coefficient (Wildman–Crippen LogP) is 2.12. The number of hydrogen-bond acceptors (Lipinski definition) is 5. The first-order chi connectivity index (χ1) is 15.9. The van der Waals surface area contributed by atoms with Gasteiger partial charge in [-0.2, -0.15) is 0 Å². The Bertz CT molecular complexity index is 924. The average Bonchev–Trinajstić information content (AvgIpc) is 3.33. The largest absolute Gasteiger partial charge is 0.379 e. The van der Waals surface area contributed by atoms with Crippen molar-refractivity contribution in [1.82, 2.24) is 14.8 Å². The summed E-state index contributed by atoms with van der Waals surface area (Å²) in [6.07, 6.45) is 6.65. The quantitative estimate of drug-likeness (QED) is 0.748. The Morgan fingerprint density at radius 2 is 2.21 bits per heavy atom. The van der Waals surface area contributed by atoms with Gasteiger partial charge < -0.3 is 25.0 Å². The van der Waals surface area contributed by atoms with Crippen LogP contribution in [0.1, 0.15) is 42.5 Å². The number of rotatable bonds is 4. The van der Waals surface area contributed by atoms with Gasteiger partial charge in [-0.3, -0.25) is 9.78 Å². The molecule has 2 saturated heterocycles. The van der Waals surface area contributed by atoms with Crippen molar-refractivity contribution in [3.63, 3.8) is 0 Å². The summed E-state index contributed by atoms with van der Waals surface area (Å²) in [7, 11) is 1.76. The van der Waals surface area contributed by atoms with Crippen molar-refractivity contribution in [2.75, 3.05) is 40.0 Å². The number of hydrogen-bond donors (Lipinski definition) is 1. The molecule has 1 saturated carbocycles. The van der Waals surface area contributed by atoms with Gasteiger partial charge in [-0.25, -0.2) is 4.79 Å². The molecule has 1 aliphatic carbocycles. The molecule has 0 spiro atoms. The Hall–Kier alpha value is -2.19. The molecule has 180 valence electrons. The summed E-state index contributed by atoms with van der Waals surface area (Å²) in [4.78, 5) is 34.4. The molecule has 5 atom stereocenters. The number of amides is 3. The second-order valence-electron chi connectivity index (χ2n) is 10.6. The van der Waals surface area contributed by atoms with Crippen molar-refractivity contribution in [2.24, 2.45) is 28.9 Å². The van der Waals surface area contributed by atoms with E-state index in [4.69, 9.17) is 15.2 Å². The van der Waals surface area contributed by atoms with Crippen LogP contribution in [0.4, 0.5) is 4.79 Å². The molecule has 5 rings (SSSR count). The highest BCUT2D eigenvalue weighted by atomic mass is 16.5. The molecule has 1 aromatic heterocycles. The second kappa shape index (κ2) is 8.87. The normalized spacial score (nSPS) is 33.6. The van der Waals surface area contributed by atoms with Crippen molar-refractivity contribution < 1.29 is 19.1 Å². The fourth-order valence-corrected chi connectivity index (χ4v) is 6.93. The number of likely N-dealkylation sites (tertiary alicyclic amines) is 1. The van der Waals surface area contributed by atoms with Gasteiger partial charge in [0, 0.05) is 58.2 Å². The van der Waals surface area contributed by atoms with Crippen LogP contribution in [0.2, 0.25) is 0 Å². The third kappa shape index (κ3) is 4.12. The monoisotopic (exact) mass is 456 g/mol. The lowest BCUT2D eigenvalue weighted by atomic mass is 9.78. The van der Waals surface area contributed by atoms with E-state index in [1.807, 2.05) is 18.0 Å². The maximum absolute atomic E-state index is 14.1. The van der Waals surface area contributed by atoms with Crippen molar-refractivity contribution in [1.29, 1.82) is 0 Å². The number of nitrogens with two attached hydrogens (primary N) is 1. The van der Waals surface area contributed by atoms with Gasteiger partial charge in [-0.15, -0.1) is 0 Å². The van der Waals surface area contributed by atoms with E-state index in [1.165, 1.54) is 0 Å². The van der Waals surface area contributed by atoms with E-state index in [-0.39, 0.29) is 17.9 Å². The highest BCUT2D eigenvalue weighted by Crippen LogP contribution is 2.54.